The van der Waals surface area contributed by atoms with Crippen molar-refractivity contribution in [2.75, 3.05) is 20.7 Å². The van der Waals surface area contributed by atoms with Crippen molar-refractivity contribution in [2.45, 2.75) is 121 Å². The second-order valence-corrected chi connectivity index (χ2v) is 20.8. The summed E-state index contributed by atoms with van der Waals surface area (Å²) in [4.78, 5) is 0. The number of methoxy groups -OCH3 is 1. The van der Waals surface area contributed by atoms with Crippen LogP contribution >= 0.6 is 0 Å². The van der Waals surface area contributed by atoms with Crippen LogP contribution in [-0.4, -0.2) is 70.7 Å². The Morgan fingerprint density at radius 1 is 0.464 bits per heavy atom. The molecule has 6 atom stereocenters. The predicted octanol–water partition coefficient (Wildman–Crippen LogP) is 9.22. The van der Waals surface area contributed by atoms with Gasteiger partial charge in [-0.15, -0.1) is 0 Å². The lowest BCUT2D eigenvalue weighted by Crippen LogP contribution is -2.69. The Hall–Kier alpha value is -3.42. The Labute approximate surface area is 335 Å². The molecule has 0 aliphatic heterocycles. The summed E-state index contributed by atoms with van der Waals surface area (Å²) in [7, 11) is -0.958. The lowest BCUT2D eigenvalue weighted by Gasteiger charge is -2.53. The van der Waals surface area contributed by atoms with E-state index in [0.717, 1.165) is 28.0 Å². The minimum absolute atomic E-state index is 0.0791. The molecule has 1 saturated carbocycles. The average molecular weight is 787 g/mol. The van der Waals surface area contributed by atoms with E-state index in [1.807, 2.05) is 115 Å². The zero-order chi connectivity index (χ0) is 39.9. The molecule has 1 fully saturated rings. The van der Waals surface area contributed by atoms with Gasteiger partial charge >= 0.3 is 0 Å². The van der Waals surface area contributed by atoms with E-state index in [4.69, 9.17) is 37.6 Å². The summed E-state index contributed by atoms with van der Waals surface area (Å²) in [5, 5.41) is 12.4. The Bertz CT molecular complexity index is 1640. The Morgan fingerprint density at radius 3 is 1.21 bits per heavy atom. The predicted molar refractivity (Wildman–Crippen MR) is 220 cm³/mol. The van der Waals surface area contributed by atoms with E-state index >= 15 is 0 Å². The van der Waals surface area contributed by atoms with E-state index < -0.39 is 44.9 Å². The SMILES string of the molecule is COc1ccc(CO[C@H]2[C@H](O[Si](C(C)C)(C(C)C)C(C)C)[C@@H](OCc3ccccc3)[C@@H](OCOCc3ccccc3)C(O)[C@@H]2OCOCc2ccccc2)cc1. The first-order valence-corrected chi connectivity index (χ1v) is 22.0. The highest BCUT2D eigenvalue weighted by atomic mass is 28.4. The topological polar surface area (TPSA) is 94.1 Å². The van der Waals surface area contributed by atoms with Gasteiger partial charge in [-0.3, -0.25) is 0 Å². The smallest absolute Gasteiger partial charge is 0.201 e. The van der Waals surface area contributed by atoms with Gasteiger partial charge in [0.05, 0.1) is 33.5 Å². The molecule has 0 bridgehead atoms. The highest BCUT2D eigenvalue weighted by molar-refractivity contribution is 6.77. The summed E-state index contributed by atoms with van der Waals surface area (Å²) < 4.78 is 52.0. The molecule has 4 aromatic carbocycles. The Kier molecular flexibility index (Phi) is 17.1. The zero-order valence-corrected chi connectivity index (χ0v) is 35.1. The maximum atomic E-state index is 12.4. The van der Waals surface area contributed by atoms with Crippen LogP contribution in [0.1, 0.15) is 63.8 Å². The molecule has 1 unspecified atom stereocenters. The van der Waals surface area contributed by atoms with E-state index in [2.05, 4.69) is 41.5 Å². The number of rotatable bonds is 22. The fraction of sp³-hybridized carbons (Fsp3) is 0.478. The number of aliphatic hydroxyl groups excluding tert-OH is 1. The van der Waals surface area contributed by atoms with Gasteiger partial charge in [0.15, 0.2) is 0 Å². The lowest BCUT2D eigenvalue weighted by atomic mass is 9.84. The van der Waals surface area contributed by atoms with E-state index in [1.165, 1.54) is 0 Å². The van der Waals surface area contributed by atoms with Crippen LogP contribution in [0.4, 0.5) is 0 Å². The highest BCUT2D eigenvalue weighted by Crippen LogP contribution is 2.46. The highest BCUT2D eigenvalue weighted by Gasteiger charge is 2.58. The zero-order valence-electron chi connectivity index (χ0n) is 34.1. The van der Waals surface area contributed by atoms with E-state index in [9.17, 15) is 5.11 Å². The summed E-state index contributed by atoms with van der Waals surface area (Å²) in [5.74, 6) is 0.755. The maximum Gasteiger partial charge on any atom is 0.201 e. The van der Waals surface area contributed by atoms with Crippen molar-refractivity contribution in [1.82, 2.24) is 0 Å². The van der Waals surface area contributed by atoms with Gasteiger partial charge in [-0.1, -0.05) is 145 Å². The molecule has 304 valence electrons. The monoisotopic (exact) mass is 786 g/mol. The molecule has 0 aromatic heterocycles. The first-order chi connectivity index (χ1) is 27.1. The third-order valence-corrected chi connectivity index (χ3v) is 16.9. The van der Waals surface area contributed by atoms with Gasteiger partial charge in [-0.05, 0) is 51.0 Å². The average Bonchev–Trinajstić information content (AvgIpc) is 3.21. The van der Waals surface area contributed by atoms with E-state index in [0.29, 0.717) is 13.2 Å². The molecule has 10 heteroatoms. The van der Waals surface area contributed by atoms with Crippen molar-refractivity contribution in [3.63, 3.8) is 0 Å². The molecule has 0 heterocycles. The molecule has 9 nitrogen and oxygen atoms in total. The van der Waals surface area contributed by atoms with Crippen LogP contribution in [0.3, 0.4) is 0 Å². The number of hydrogen-bond acceptors (Lipinski definition) is 9. The number of hydrogen-bond donors (Lipinski definition) is 1. The van der Waals surface area contributed by atoms with Crippen LogP contribution < -0.4 is 4.74 Å². The van der Waals surface area contributed by atoms with Gasteiger partial charge in [-0.25, -0.2) is 0 Å². The van der Waals surface area contributed by atoms with Crippen LogP contribution in [0, 0.1) is 0 Å². The number of aliphatic hydroxyl groups is 1. The van der Waals surface area contributed by atoms with Crippen LogP contribution in [0.15, 0.2) is 115 Å². The summed E-state index contributed by atoms with van der Waals surface area (Å²) in [5.41, 5.74) is 4.73. The van der Waals surface area contributed by atoms with Gasteiger partial charge in [0, 0.05) is 0 Å². The molecule has 0 amide bonds. The molecule has 1 aliphatic carbocycles. The summed E-state index contributed by atoms with van der Waals surface area (Å²) in [6.45, 7) is 14.6. The van der Waals surface area contributed by atoms with Crippen molar-refractivity contribution >= 4 is 8.32 Å². The second-order valence-electron chi connectivity index (χ2n) is 15.4. The normalized spacial score (nSPS) is 21.6. The third-order valence-electron chi connectivity index (χ3n) is 10.8. The second kappa shape index (κ2) is 21.9. The summed E-state index contributed by atoms with van der Waals surface area (Å²) >= 11 is 0. The largest absolute Gasteiger partial charge is 0.497 e. The van der Waals surface area contributed by atoms with Gasteiger partial charge in [0.1, 0.15) is 56.0 Å². The van der Waals surface area contributed by atoms with E-state index in [-0.39, 0.29) is 43.4 Å². The lowest BCUT2D eigenvalue weighted by molar-refractivity contribution is -0.288. The molecule has 4 aromatic rings. The molecular formula is C46H62O9Si. The molecule has 0 spiro atoms. The van der Waals surface area contributed by atoms with Crippen LogP contribution in [-0.2, 0) is 59.3 Å². The molecule has 1 aliphatic rings. The van der Waals surface area contributed by atoms with Crippen molar-refractivity contribution in [3.05, 3.63) is 138 Å². The summed E-state index contributed by atoms with van der Waals surface area (Å²) in [6.07, 6.45) is -5.18. The van der Waals surface area contributed by atoms with Gasteiger partial charge in [-0.2, -0.15) is 0 Å². The fourth-order valence-corrected chi connectivity index (χ4v) is 13.6. The standard InChI is InChI=1S/C46H62O9Si/c1-33(2)56(34(3)4,35(5)6)55-46-44(51-29-38-21-15-10-16-22-38)42(53-31-49-27-36-17-11-8-12-18-36)41(47)43(54-32-50-28-37-19-13-9-14-20-37)45(46)52-30-39-23-25-40(48-7)26-24-39/h8-26,33-35,41-47H,27-32H2,1-7H3/t41?,42-,43-,44-,45+,46+/m0/s1. The van der Waals surface area contributed by atoms with E-state index in [1.54, 1.807) is 7.11 Å². The molecule has 5 rings (SSSR count). The van der Waals surface area contributed by atoms with Crippen LogP contribution in [0.2, 0.25) is 16.6 Å². The van der Waals surface area contributed by atoms with Crippen molar-refractivity contribution in [1.29, 1.82) is 0 Å². The van der Waals surface area contributed by atoms with Gasteiger partial charge in [0.2, 0.25) is 8.32 Å². The number of benzene rings is 4. The van der Waals surface area contributed by atoms with Crippen LogP contribution in [0.5, 0.6) is 5.75 Å². The minimum atomic E-state index is -2.61. The van der Waals surface area contributed by atoms with Crippen molar-refractivity contribution < 1.29 is 42.7 Å². The van der Waals surface area contributed by atoms with Crippen LogP contribution in [0.25, 0.3) is 0 Å². The molecule has 56 heavy (non-hydrogen) atoms. The van der Waals surface area contributed by atoms with Gasteiger partial charge in [0.25, 0.3) is 0 Å². The van der Waals surface area contributed by atoms with Gasteiger partial charge < -0.3 is 42.7 Å². The first kappa shape index (κ1) is 43.7. The molecule has 0 radical (unpaired) electrons. The fourth-order valence-electron chi connectivity index (χ4n) is 8.08. The first-order valence-electron chi connectivity index (χ1n) is 19.9. The Balaban J connectivity index is 1.53. The van der Waals surface area contributed by atoms with Crippen molar-refractivity contribution in [3.8, 4) is 5.75 Å². The van der Waals surface area contributed by atoms with Crippen molar-refractivity contribution in [2.24, 2.45) is 0 Å². The number of ether oxygens (including phenoxy) is 7. The summed E-state index contributed by atoms with van der Waals surface area (Å²) in [6, 6.07) is 37.6. The minimum Gasteiger partial charge on any atom is -0.497 e. The quantitative estimate of drug-likeness (QED) is 0.0476. The Morgan fingerprint density at radius 2 is 0.839 bits per heavy atom. The molecular weight excluding hydrogens is 725 g/mol. The molecule has 0 saturated heterocycles. The molecule has 1 N–H and O–H groups in total. The third kappa shape index (κ3) is 11.6. The maximum absolute atomic E-state index is 12.4.